The second-order valence-corrected chi connectivity index (χ2v) is 6.42. The minimum Gasteiger partial charge on any atom is -0.273 e. The summed E-state index contributed by atoms with van der Waals surface area (Å²) in [6.45, 7) is 2.19. The van der Waals surface area contributed by atoms with Gasteiger partial charge in [0, 0.05) is 23.6 Å². The predicted octanol–water partition coefficient (Wildman–Crippen LogP) is 2.87. The van der Waals surface area contributed by atoms with E-state index in [1.54, 1.807) is 12.1 Å². The van der Waals surface area contributed by atoms with E-state index in [-0.39, 0.29) is 22.9 Å². The van der Waals surface area contributed by atoms with Gasteiger partial charge in [0.2, 0.25) is 5.91 Å². The van der Waals surface area contributed by atoms with Gasteiger partial charge in [0.25, 0.3) is 5.69 Å². The number of nitro groups is 1. The number of nitro benzene ring substituents is 1. The molecule has 3 atom stereocenters. The first-order valence-electron chi connectivity index (χ1n) is 7.60. The second-order valence-electron chi connectivity index (χ2n) is 6.42. The number of hydrogen-bond donors (Lipinski definition) is 1. The van der Waals surface area contributed by atoms with Crippen molar-refractivity contribution in [2.24, 2.45) is 22.4 Å². The van der Waals surface area contributed by atoms with E-state index in [2.05, 4.69) is 17.5 Å². The van der Waals surface area contributed by atoms with Crippen molar-refractivity contribution in [3.05, 3.63) is 39.9 Å². The van der Waals surface area contributed by atoms with Gasteiger partial charge in [-0.05, 0) is 24.2 Å². The van der Waals surface area contributed by atoms with Crippen molar-refractivity contribution >= 4 is 17.8 Å². The van der Waals surface area contributed by atoms with E-state index in [0.717, 1.165) is 12.8 Å². The van der Waals surface area contributed by atoms with Gasteiger partial charge in [-0.15, -0.1) is 0 Å². The molecule has 22 heavy (non-hydrogen) atoms. The summed E-state index contributed by atoms with van der Waals surface area (Å²) in [5.74, 6) is 0.530. The lowest BCUT2D eigenvalue weighted by Crippen LogP contribution is -2.22. The third kappa shape index (κ3) is 2.61. The summed E-state index contributed by atoms with van der Waals surface area (Å²) >= 11 is 0. The van der Waals surface area contributed by atoms with E-state index >= 15 is 0 Å². The van der Waals surface area contributed by atoms with E-state index in [1.807, 2.05) is 0 Å². The molecule has 0 aliphatic heterocycles. The lowest BCUT2D eigenvalue weighted by atomic mass is 9.90. The molecule has 1 aromatic rings. The first-order valence-corrected chi connectivity index (χ1v) is 7.60. The number of fused-ring (bicyclic) bond motifs is 1. The monoisotopic (exact) mass is 301 g/mol. The molecule has 0 bridgehead atoms. The molecule has 2 fully saturated rings. The zero-order valence-corrected chi connectivity index (χ0v) is 12.5. The Hall–Kier alpha value is -2.24. The first-order chi connectivity index (χ1) is 10.5. The molecule has 0 unspecified atom stereocenters. The van der Waals surface area contributed by atoms with Crippen LogP contribution in [0.25, 0.3) is 0 Å². The number of hydrazone groups is 1. The maximum absolute atomic E-state index is 12.2. The van der Waals surface area contributed by atoms with Crippen LogP contribution in [0, 0.1) is 27.4 Å². The van der Waals surface area contributed by atoms with Gasteiger partial charge in [0.1, 0.15) is 0 Å². The van der Waals surface area contributed by atoms with Crippen LogP contribution in [0.5, 0.6) is 0 Å². The van der Waals surface area contributed by atoms with Gasteiger partial charge in [0.05, 0.1) is 11.1 Å². The predicted molar refractivity (Wildman–Crippen MR) is 82.4 cm³/mol. The van der Waals surface area contributed by atoms with Crippen molar-refractivity contribution in [2.45, 2.75) is 32.6 Å². The number of nitrogens with zero attached hydrogens (tertiary/aromatic N) is 2. The fourth-order valence-electron chi connectivity index (χ4n) is 3.81. The van der Waals surface area contributed by atoms with Gasteiger partial charge in [-0.1, -0.05) is 31.9 Å². The Bertz CT molecular complexity index is 643. The van der Waals surface area contributed by atoms with Crippen LogP contribution in [-0.4, -0.2) is 17.0 Å². The number of hydrogen-bond acceptors (Lipinski definition) is 4. The van der Waals surface area contributed by atoms with Crippen LogP contribution in [0.3, 0.4) is 0 Å². The Morgan fingerprint density at radius 1 is 1.50 bits per heavy atom. The number of rotatable bonds is 4. The van der Waals surface area contributed by atoms with Crippen LogP contribution in [0.1, 0.15) is 38.2 Å². The highest BCUT2D eigenvalue weighted by Crippen LogP contribution is 2.66. The Labute approximate surface area is 128 Å². The fourth-order valence-corrected chi connectivity index (χ4v) is 3.81. The van der Waals surface area contributed by atoms with Crippen LogP contribution in [0.15, 0.2) is 29.4 Å². The van der Waals surface area contributed by atoms with Gasteiger partial charge >= 0.3 is 0 Å². The molecule has 0 spiro atoms. The molecule has 6 nitrogen and oxygen atoms in total. The Kier molecular flexibility index (Phi) is 3.68. The molecular formula is C16H19N3O3. The van der Waals surface area contributed by atoms with Gasteiger partial charge in [-0.2, -0.15) is 5.10 Å². The molecule has 6 heteroatoms. The molecule has 116 valence electrons. The van der Waals surface area contributed by atoms with Crippen LogP contribution >= 0.6 is 0 Å². The lowest BCUT2D eigenvalue weighted by molar-refractivity contribution is -0.384. The highest BCUT2D eigenvalue weighted by molar-refractivity contribution is 5.86. The molecule has 2 saturated carbocycles. The molecule has 1 N–H and O–H groups in total. The van der Waals surface area contributed by atoms with Gasteiger partial charge in [-0.3, -0.25) is 14.9 Å². The average molecular weight is 301 g/mol. The quantitative estimate of drug-likeness (QED) is 0.527. The van der Waals surface area contributed by atoms with Crippen LogP contribution in [0.2, 0.25) is 0 Å². The molecule has 0 radical (unpaired) electrons. The maximum Gasteiger partial charge on any atom is 0.270 e. The highest BCUT2D eigenvalue weighted by atomic mass is 16.6. The topological polar surface area (TPSA) is 84.6 Å². The normalized spacial score (nSPS) is 29.9. The van der Waals surface area contributed by atoms with Crippen LogP contribution < -0.4 is 5.43 Å². The SMILES string of the molecule is C[C@]12CCCC[C@@H]1[C@H]2C(=O)N/N=C\c1cccc([N+](=O)[O-])c1. The maximum atomic E-state index is 12.2. The molecule has 0 heterocycles. The van der Waals surface area contributed by atoms with E-state index in [4.69, 9.17) is 0 Å². The standard InChI is InChI=1S/C16H19N3O3/c1-16-8-3-2-7-13(16)14(16)15(20)18-17-10-11-5-4-6-12(9-11)19(21)22/h4-6,9-10,13-14H,2-3,7-8H2,1H3,(H,18,20)/b17-10-/t13-,14+,16+/m1/s1. The van der Waals surface area contributed by atoms with Crippen molar-refractivity contribution in [2.75, 3.05) is 0 Å². The summed E-state index contributed by atoms with van der Waals surface area (Å²) in [5, 5.41) is 14.6. The van der Waals surface area contributed by atoms with Gasteiger partial charge < -0.3 is 0 Å². The van der Waals surface area contributed by atoms with Crippen molar-refractivity contribution < 1.29 is 9.72 Å². The molecule has 2 aliphatic carbocycles. The largest absolute Gasteiger partial charge is 0.273 e. The summed E-state index contributed by atoms with van der Waals surface area (Å²) in [5.41, 5.74) is 3.34. The van der Waals surface area contributed by atoms with Crippen molar-refractivity contribution in [3.63, 3.8) is 0 Å². The Balaban J connectivity index is 1.60. The molecule has 3 rings (SSSR count). The van der Waals surface area contributed by atoms with E-state index in [1.165, 1.54) is 31.2 Å². The third-order valence-corrected chi connectivity index (χ3v) is 5.08. The average Bonchev–Trinajstić information content (AvgIpc) is 3.13. The van der Waals surface area contributed by atoms with E-state index < -0.39 is 4.92 Å². The first kappa shape index (κ1) is 14.7. The second kappa shape index (κ2) is 5.51. The number of non-ortho nitro benzene ring substituents is 1. The van der Waals surface area contributed by atoms with E-state index in [9.17, 15) is 14.9 Å². The van der Waals surface area contributed by atoms with Crippen LogP contribution in [0.4, 0.5) is 5.69 Å². The molecule has 1 aromatic carbocycles. The summed E-state index contributed by atoms with van der Waals surface area (Å²) in [7, 11) is 0. The summed E-state index contributed by atoms with van der Waals surface area (Å²) in [6, 6.07) is 6.15. The highest BCUT2D eigenvalue weighted by Gasteiger charge is 2.64. The van der Waals surface area contributed by atoms with Crippen molar-refractivity contribution in [1.82, 2.24) is 5.43 Å². The Morgan fingerprint density at radius 2 is 2.32 bits per heavy atom. The molecular weight excluding hydrogens is 282 g/mol. The van der Waals surface area contributed by atoms with Gasteiger partial charge in [-0.25, -0.2) is 5.43 Å². The van der Waals surface area contributed by atoms with Crippen LogP contribution in [-0.2, 0) is 4.79 Å². The third-order valence-electron chi connectivity index (χ3n) is 5.08. The minimum atomic E-state index is -0.453. The van der Waals surface area contributed by atoms with Crippen molar-refractivity contribution in [3.8, 4) is 0 Å². The summed E-state index contributed by atoms with van der Waals surface area (Å²) in [4.78, 5) is 22.5. The molecule has 0 saturated heterocycles. The number of carbonyl (C=O) groups excluding carboxylic acids is 1. The molecule has 2 aliphatic rings. The van der Waals surface area contributed by atoms with Gasteiger partial charge in [0.15, 0.2) is 0 Å². The zero-order chi connectivity index (χ0) is 15.7. The molecule has 1 amide bonds. The minimum absolute atomic E-state index is 0.0102. The smallest absolute Gasteiger partial charge is 0.270 e. The van der Waals surface area contributed by atoms with Crippen molar-refractivity contribution in [1.29, 1.82) is 0 Å². The zero-order valence-electron chi connectivity index (χ0n) is 12.5. The number of amides is 1. The Morgan fingerprint density at radius 3 is 3.00 bits per heavy atom. The number of carbonyl (C=O) groups is 1. The lowest BCUT2D eigenvalue weighted by Gasteiger charge is -2.15. The number of nitrogens with one attached hydrogen (secondary N) is 1. The molecule has 0 aromatic heterocycles. The number of benzene rings is 1. The summed E-state index contributed by atoms with van der Waals surface area (Å²) in [6.07, 6.45) is 6.10. The fraction of sp³-hybridized carbons (Fsp3) is 0.500. The van der Waals surface area contributed by atoms with E-state index in [0.29, 0.717) is 11.5 Å². The summed E-state index contributed by atoms with van der Waals surface area (Å²) < 4.78 is 0.